The summed E-state index contributed by atoms with van der Waals surface area (Å²) in [6.07, 6.45) is 3.30. The molecule has 1 aromatic carbocycles. The molecule has 7 heteroatoms. The summed E-state index contributed by atoms with van der Waals surface area (Å²) >= 11 is 3.21. The van der Waals surface area contributed by atoms with Gasteiger partial charge in [0.15, 0.2) is 0 Å². The maximum absolute atomic E-state index is 12.2. The van der Waals surface area contributed by atoms with Crippen LogP contribution < -0.4 is 0 Å². The fraction of sp³-hybridized carbons (Fsp3) is 0.357. The summed E-state index contributed by atoms with van der Waals surface area (Å²) in [6.45, 7) is 0.974. The Kier molecular flexibility index (Phi) is 4.19. The Morgan fingerprint density at radius 2 is 2.19 bits per heavy atom. The molecular formula is C14H15BrN4O2. The second kappa shape index (κ2) is 6.26. The molecule has 1 atom stereocenters. The lowest BCUT2D eigenvalue weighted by molar-refractivity contribution is 0.0915. The summed E-state index contributed by atoms with van der Waals surface area (Å²) < 4.78 is 6.86. The molecule has 21 heavy (non-hydrogen) atoms. The fourth-order valence-electron chi connectivity index (χ4n) is 2.50. The number of halogens is 1. The van der Waals surface area contributed by atoms with Crippen molar-refractivity contribution in [1.29, 1.82) is 0 Å². The highest BCUT2D eigenvalue weighted by Crippen LogP contribution is 2.31. The second-order valence-corrected chi connectivity index (χ2v) is 5.65. The van der Waals surface area contributed by atoms with Gasteiger partial charge in [-0.15, -0.1) is 5.10 Å². The predicted molar refractivity (Wildman–Crippen MR) is 79.7 cm³/mol. The Labute approximate surface area is 131 Å². The molecule has 1 aliphatic rings. The SMILES string of the molecule is O=C(OCc1ccccc1)N1CCCC1c1cn(Br)nn1. The van der Waals surface area contributed by atoms with Gasteiger partial charge in [0.25, 0.3) is 0 Å². The third-order valence-corrected chi connectivity index (χ3v) is 3.86. The van der Waals surface area contributed by atoms with Gasteiger partial charge in [-0.3, -0.25) is 4.90 Å². The average Bonchev–Trinajstić information content (AvgIpc) is 3.14. The number of carbonyl (C=O) groups excluding carboxylic acids is 1. The zero-order valence-corrected chi connectivity index (χ0v) is 12.9. The van der Waals surface area contributed by atoms with E-state index in [1.807, 2.05) is 30.3 Å². The van der Waals surface area contributed by atoms with Crippen molar-refractivity contribution in [3.8, 4) is 0 Å². The van der Waals surface area contributed by atoms with Gasteiger partial charge < -0.3 is 4.74 Å². The molecular weight excluding hydrogens is 336 g/mol. The van der Waals surface area contributed by atoms with Crippen LogP contribution in [0.5, 0.6) is 0 Å². The molecule has 110 valence electrons. The maximum Gasteiger partial charge on any atom is 0.410 e. The molecule has 1 saturated heterocycles. The molecule has 0 bridgehead atoms. The van der Waals surface area contributed by atoms with E-state index in [1.54, 1.807) is 11.1 Å². The van der Waals surface area contributed by atoms with E-state index in [0.717, 1.165) is 24.1 Å². The van der Waals surface area contributed by atoms with Crippen molar-refractivity contribution in [2.75, 3.05) is 6.54 Å². The minimum Gasteiger partial charge on any atom is -0.445 e. The molecule has 0 saturated carbocycles. The van der Waals surface area contributed by atoms with Crippen LogP contribution >= 0.6 is 16.1 Å². The van der Waals surface area contributed by atoms with E-state index in [4.69, 9.17) is 4.74 Å². The van der Waals surface area contributed by atoms with Crippen molar-refractivity contribution in [2.45, 2.75) is 25.5 Å². The predicted octanol–water partition coefficient (Wildman–Crippen LogP) is 2.91. The molecule has 1 fully saturated rings. The molecule has 1 aromatic heterocycles. The van der Waals surface area contributed by atoms with Crippen LogP contribution in [0.3, 0.4) is 0 Å². The van der Waals surface area contributed by atoms with E-state index >= 15 is 0 Å². The molecule has 1 aliphatic heterocycles. The molecule has 1 unspecified atom stereocenters. The molecule has 0 aliphatic carbocycles. The Hall–Kier alpha value is -1.89. The summed E-state index contributed by atoms with van der Waals surface area (Å²) in [5, 5.41) is 7.92. The van der Waals surface area contributed by atoms with Crippen molar-refractivity contribution in [2.24, 2.45) is 0 Å². The number of amides is 1. The first-order valence-corrected chi connectivity index (χ1v) is 7.50. The minimum atomic E-state index is -0.300. The lowest BCUT2D eigenvalue weighted by atomic mass is 10.2. The van der Waals surface area contributed by atoms with Crippen LogP contribution in [0.25, 0.3) is 0 Å². The molecule has 0 radical (unpaired) electrons. The summed E-state index contributed by atoms with van der Waals surface area (Å²) in [5.41, 5.74) is 1.76. The van der Waals surface area contributed by atoms with Gasteiger partial charge in [-0.25, -0.2) is 4.79 Å². The number of nitrogens with zero attached hydrogens (tertiary/aromatic N) is 4. The van der Waals surface area contributed by atoms with Gasteiger partial charge >= 0.3 is 6.09 Å². The number of likely N-dealkylation sites (tertiary alicyclic amines) is 1. The zero-order chi connectivity index (χ0) is 14.7. The number of aromatic nitrogens is 3. The van der Waals surface area contributed by atoms with Gasteiger partial charge in [0.05, 0.1) is 28.4 Å². The number of benzene rings is 1. The van der Waals surface area contributed by atoms with Gasteiger partial charge in [-0.1, -0.05) is 35.5 Å². The van der Waals surface area contributed by atoms with E-state index in [2.05, 4.69) is 26.5 Å². The van der Waals surface area contributed by atoms with Crippen LogP contribution in [0.4, 0.5) is 4.79 Å². The van der Waals surface area contributed by atoms with Crippen LogP contribution in [0.15, 0.2) is 36.5 Å². The van der Waals surface area contributed by atoms with E-state index in [-0.39, 0.29) is 18.7 Å². The van der Waals surface area contributed by atoms with Crippen LogP contribution in [-0.2, 0) is 11.3 Å². The molecule has 0 N–H and O–H groups in total. The Morgan fingerprint density at radius 3 is 2.90 bits per heavy atom. The Morgan fingerprint density at radius 1 is 1.38 bits per heavy atom. The summed E-state index contributed by atoms with van der Waals surface area (Å²) in [4.78, 5) is 14.0. The smallest absolute Gasteiger partial charge is 0.410 e. The van der Waals surface area contributed by atoms with Crippen LogP contribution in [-0.4, -0.2) is 31.6 Å². The van der Waals surface area contributed by atoms with Crippen LogP contribution in [0.2, 0.25) is 0 Å². The highest BCUT2D eigenvalue weighted by molar-refractivity contribution is 9.08. The minimum absolute atomic E-state index is 0.0560. The third-order valence-electron chi connectivity index (χ3n) is 3.52. The zero-order valence-electron chi connectivity index (χ0n) is 11.4. The van der Waals surface area contributed by atoms with E-state index in [0.29, 0.717) is 6.54 Å². The first kappa shape index (κ1) is 14.1. The van der Waals surface area contributed by atoms with E-state index in [9.17, 15) is 4.79 Å². The number of carbonyl (C=O) groups is 1. The number of rotatable bonds is 3. The van der Waals surface area contributed by atoms with Crippen LogP contribution in [0.1, 0.15) is 30.1 Å². The Bertz CT molecular complexity index is 616. The number of hydrogen-bond donors (Lipinski definition) is 0. The van der Waals surface area contributed by atoms with Gasteiger partial charge in [-0.05, 0) is 18.4 Å². The van der Waals surface area contributed by atoms with Gasteiger partial charge in [0, 0.05) is 6.54 Å². The van der Waals surface area contributed by atoms with Crippen molar-refractivity contribution in [3.05, 3.63) is 47.8 Å². The largest absolute Gasteiger partial charge is 0.445 e. The average molecular weight is 351 g/mol. The summed E-state index contributed by atoms with van der Waals surface area (Å²) in [5.74, 6) is 0. The highest BCUT2D eigenvalue weighted by Gasteiger charge is 2.33. The van der Waals surface area contributed by atoms with Crippen molar-refractivity contribution in [3.63, 3.8) is 0 Å². The van der Waals surface area contributed by atoms with E-state index in [1.165, 1.54) is 3.71 Å². The maximum atomic E-state index is 12.2. The van der Waals surface area contributed by atoms with E-state index < -0.39 is 0 Å². The van der Waals surface area contributed by atoms with Crippen molar-refractivity contribution < 1.29 is 9.53 Å². The molecule has 3 rings (SSSR count). The molecule has 2 heterocycles. The summed E-state index contributed by atoms with van der Waals surface area (Å²) in [7, 11) is 0. The lowest BCUT2D eigenvalue weighted by Gasteiger charge is -2.22. The quantitative estimate of drug-likeness (QED) is 0.853. The second-order valence-electron chi connectivity index (χ2n) is 4.92. The number of hydrogen-bond acceptors (Lipinski definition) is 4. The lowest BCUT2D eigenvalue weighted by Crippen LogP contribution is -2.31. The van der Waals surface area contributed by atoms with Gasteiger partial charge in [0.1, 0.15) is 12.3 Å². The molecule has 0 spiro atoms. The Balaban J connectivity index is 1.63. The molecule has 2 aromatic rings. The first-order chi connectivity index (χ1) is 10.2. The molecule has 6 nitrogen and oxygen atoms in total. The van der Waals surface area contributed by atoms with Gasteiger partial charge in [0.2, 0.25) is 0 Å². The standard InChI is InChI=1S/C14H15BrN4O2/c15-19-9-12(16-17-19)13-7-4-8-18(13)14(20)21-10-11-5-2-1-3-6-11/h1-3,5-6,9,13H,4,7-8,10H2. The molecule has 1 amide bonds. The normalized spacial score (nSPS) is 18.0. The van der Waals surface area contributed by atoms with Gasteiger partial charge in [-0.2, -0.15) is 3.71 Å². The van der Waals surface area contributed by atoms with Crippen molar-refractivity contribution in [1.82, 2.24) is 18.9 Å². The van der Waals surface area contributed by atoms with Crippen molar-refractivity contribution >= 4 is 22.2 Å². The third kappa shape index (κ3) is 3.24. The van der Waals surface area contributed by atoms with Crippen LogP contribution in [0, 0.1) is 0 Å². The fourth-order valence-corrected chi connectivity index (χ4v) is 2.78. The summed E-state index contributed by atoms with van der Waals surface area (Å²) in [6, 6.07) is 9.60. The monoisotopic (exact) mass is 350 g/mol. The highest BCUT2D eigenvalue weighted by atomic mass is 79.9. The number of ether oxygens (including phenoxy) is 1. The topological polar surface area (TPSA) is 60.2 Å². The first-order valence-electron chi connectivity index (χ1n) is 6.80.